The SMILES string of the molecule is CCOC(=O)OC(C#N)c1cc(OC)c(OC)cc1OC. The zero-order chi connectivity index (χ0) is 15.8. The molecule has 0 fully saturated rings. The molecule has 0 spiro atoms. The summed E-state index contributed by atoms with van der Waals surface area (Å²) in [7, 11) is 4.37. The Morgan fingerprint density at radius 3 is 2.19 bits per heavy atom. The van der Waals surface area contributed by atoms with Gasteiger partial charge in [0.15, 0.2) is 11.5 Å². The van der Waals surface area contributed by atoms with Crippen molar-refractivity contribution in [1.29, 1.82) is 5.26 Å². The quantitative estimate of drug-likeness (QED) is 0.745. The van der Waals surface area contributed by atoms with Crippen molar-refractivity contribution in [3.8, 4) is 23.3 Å². The van der Waals surface area contributed by atoms with Crippen LogP contribution in [0.2, 0.25) is 0 Å². The Balaban J connectivity index is 3.19. The van der Waals surface area contributed by atoms with Crippen LogP contribution in [0, 0.1) is 11.3 Å². The average molecular weight is 295 g/mol. The minimum absolute atomic E-state index is 0.153. The number of ether oxygens (including phenoxy) is 5. The number of benzene rings is 1. The van der Waals surface area contributed by atoms with Gasteiger partial charge in [-0.2, -0.15) is 5.26 Å². The van der Waals surface area contributed by atoms with Gasteiger partial charge in [0.1, 0.15) is 11.8 Å². The first kappa shape index (κ1) is 16.4. The summed E-state index contributed by atoms with van der Waals surface area (Å²) in [5.41, 5.74) is 0.339. The second-order valence-electron chi connectivity index (χ2n) is 3.76. The van der Waals surface area contributed by atoms with Crippen LogP contribution in [-0.2, 0) is 9.47 Å². The van der Waals surface area contributed by atoms with E-state index in [9.17, 15) is 10.1 Å². The first-order valence-electron chi connectivity index (χ1n) is 6.14. The van der Waals surface area contributed by atoms with Crippen molar-refractivity contribution < 1.29 is 28.5 Å². The van der Waals surface area contributed by atoms with Gasteiger partial charge in [-0.1, -0.05) is 0 Å². The summed E-state index contributed by atoms with van der Waals surface area (Å²) in [6, 6.07) is 4.94. The molecule has 1 aromatic rings. The smallest absolute Gasteiger partial charge is 0.496 e. The minimum Gasteiger partial charge on any atom is -0.496 e. The van der Waals surface area contributed by atoms with Gasteiger partial charge in [0.25, 0.3) is 0 Å². The maximum absolute atomic E-state index is 11.4. The molecule has 7 heteroatoms. The Hall–Kier alpha value is -2.62. The van der Waals surface area contributed by atoms with E-state index in [1.54, 1.807) is 13.0 Å². The Bertz CT molecular complexity index is 537. The fourth-order valence-corrected chi connectivity index (χ4v) is 1.67. The molecule has 114 valence electrons. The van der Waals surface area contributed by atoms with E-state index >= 15 is 0 Å². The van der Waals surface area contributed by atoms with Crippen LogP contribution >= 0.6 is 0 Å². The number of nitriles is 1. The highest BCUT2D eigenvalue weighted by atomic mass is 16.7. The molecule has 0 heterocycles. The van der Waals surface area contributed by atoms with E-state index in [0.29, 0.717) is 22.8 Å². The molecule has 7 nitrogen and oxygen atoms in total. The summed E-state index contributed by atoms with van der Waals surface area (Å²) >= 11 is 0. The summed E-state index contributed by atoms with van der Waals surface area (Å²) < 4.78 is 25.1. The second kappa shape index (κ2) is 7.85. The van der Waals surface area contributed by atoms with Gasteiger partial charge in [0.2, 0.25) is 6.10 Å². The molecular formula is C14H17NO6. The lowest BCUT2D eigenvalue weighted by atomic mass is 10.1. The third kappa shape index (κ3) is 3.92. The molecule has 1 rings (SSSR count). The highest BCUT2D eigenvalue weighted by Gasteiger charge is 2.23. The van der Waals surface area contributed by atoms with Crippen LogP contribution in [0.5, 0.6) is 17.2 Å². The van der Waals surface area contributed by atoms with Crippen molar-refractivity contribution in [3.05, 3.63) is 17.7 Å². The first-order chi connectivity index (χ1) is 10.1. The molecule has 0 saturated carbocycles. The number of nitrogens with zero attached hydrogens (tertiary/aromatic N) is 1. The van der Waals surface area contributed by atoms with Crippen molar-refractivity contribution in [2.75, 3.05) is 27.9 Å². The normalized spacial score (nSPS) is 11.0. The Morgan fingerprint density at radius 2 is 1.71 bits per heavy atom. The Labute approximate surface area is 122 Å². The third-order valence-corrected chi connectivity index (χ3v) is 2.61. The second-order valence-corrected chi connectivity index (χ2v) is 3.76. The van der Waals surface area contributed by atoms with Gasteiger partial charge in [-0.25, -0.2) is 4.79 Å². The van der Waals surface area contributed by atoms with Crippen molar-refractivity contribution in [2.24, 2.45) is 0 Å². The van der Waals surface area contributed by atoms with Crippen molar-refractivity contribution >= 4 is 6.16 Å². The van der Waals surface area contributed by atoms with Gasteiger partial charge in [-0.05, 0) is 13.0 Å². The van der Waals surface area contributed by atoms with E-state index in [1.165, 1.54) is 27.4 Å². The highest BCUT2D eigenvalue weighted by Crippen LogP contribution is 2.38. The van der Waals surface area contributed by atoms with Gasteiger partial charge < -0.3 is 23.7 Å². The molecule has 0 aliphatic rings. The van der Waals surface area contributed by atoms with Crippen molar-refractivity contribution in [2.45, 2.75) is 13.0 Å². The molecular weight excluding hydrogens is 278 g/mol. The molecule has 0 amide bonds. The predicted octanol–water partition coefficient (Wildman–Crippen LogP) is 2.45. The van der Waals surface area contributed by atoms with E-state index in [0.717, 1.165) is 0 Å². The molecule has 0 N–H and O–H groups in total. The maximum atomic E-state index is 11.4. The minimum atomic E-state index is -1.18. The number of carbonyl (C=O) groups is 1. The van der Waals surface area contributed by atoms with Crippen molar-refractivity contribution in [3.63, 3.8) is 0 Å². The van der Waals surface area contributed by atoms with Crippen LogP contribution in [0.1, 0.15) is 18.6 Å². The largest absolute Gasteiger partial charge is 0.509 e. The molecule has 0 radical (unpaired) electrons. The number of rotatable bonds is 6. The van der Waals surface area contributed by atoms with Gasteiger partial charge in [-0.3, -0.25) is 0 Å². The molecule has 1 atom stereocenters. The molecule has 0 aliphatic heterocycles. The molecule has 0 bridgehead atoms. The summed E-state index contributed by atoms with van der Waals surface area (Å²) in [5, 5.41) is 9.20. The molecule has 0 aliphatic carbocycles. The summed E-state index contributed by atoms with van der Waals surface area (Å²) in [5.74, 6) is 1.16. The number of hydrogen-bond donors (Lipinski definition) is 0. The lowest BCUT2D eigenvalue weighted by Gasteiger charge is -2.17. The molecule has 21 heavy (non-hydrogen) atoms. The number of methoxy groups -OCH3 is 3. The van der Waals surface area contributed by atoms with E-state index in [2.05, 4.69) is 4.74 Å². The van der Waals surface area contributed by atoms with Crippen LogP contribution in [0.15, 0.2) is 12.1 Å². The predicted molar refractivity (Wildman–Crippen MR) is 72.6 cm³/mol. The topological polar surface area (TPSA) is 87.0 Å². The fraction of sp³-hybridized carbons (Fsp3) is 0.429. The Kier molecular flexibility index (Phi) is 6.14. The van der Waals surface area contributed by atoms with Crippen LogP contribution in [0.4, 0.5) is 4.79 Å². The third-order valence-electron chi connectivity index (χ3n) is 2.61. The van der Waals surface area contributed by atoms with Gasteiger partial charge >= 0.3 is 6.16 Å². The van der Waals surface area contributed by atoms with Gasteiger partial charge in [0.05, 0.1) is 33.5 Å². The van der Waals surface area contributed by atoms with Crippen LogP contribution in [0.25, 0.3) is 0 Å². The van der Waals surface area contributed by atoms with E-state index in [-0.39, 0.29) is 6.61 Å². The number of hydrogen-bond acceptors (Lipinski definition) is 7. The Morgan fingerprint density at radius 1 is 1.14 bits per heavy atom. The van der Waals surface area contributed by atoms with Crippen LogP contribution < -0.4 is 14.2 Å². The number of carbonyl (C=O) groups excluding carboxylic acids is 1. The lowest BCUT2D eigenvalue weighted by molar-refractivity contribution is 0.0415. The molecule has 0 aromatic heterocycles. The van der Waals surface area contributed by atoms with Crippen LogP contribution in [-0.4, -0.2) is 34.1 Å². The monoisotopic (exact) mass is 295 g/mol. The summed E-state index contributed by atoms with van der Waals surface area (Å²) in [6.45, 7) is 1.79. The lowest BCUT2D eigenvalue weighted by Crippen LogP contribution is -2.12. The fourth-order valence-electron chi connectivity index (χ4n) is 1.67. The van der Waals surface area contributed by atoms with Crippen molar-refractivity contribution in [1.82, 2.24) is 0 Å². The first-order valence-corrected chi connectivity index (χ1v) is 6.14. The van der Waals surface area contributed by atoms with E-state index < -0.39 is 12.3 Å². The molecule has 1 unspecified atom stereocenters. The van der Waals surface area contributed by atoms with Gasteiger partial charge in [-0.15, -0.1) is 0 Å². The van der Waals surface area contributed by atoms with Gasteiger partial charge in [0, 0.05) is 6.07 Å². The van der Waals surface area contributed by atoms with Crippen LogP contribution in [0.3, 0.4) is 0 Å². The van der Waals surface area contributed by atoms with E-state index in [4.69, 9.17) is 18.9 Å². The zero-order valence-corrected chi connectivity index (χ0v) is 12.3. The summed E-state index contributed by atoms with van der Waals surface area (Å²) in [4.78, 5) is 11.4. The zero-order valence-electron chi connectivity index (χ0n) is 12.3. The summed E-state index contributed by atoms with van der Waals surface area (Å²) in [6.07, 6.45) is -2.11. The highest BCUT2D eigenvalue weighted by molar-refractivity contribution is 5.62. The molecule has 1 aromatic carbocycles. The average Bonchev–Trinajstić information content (AvgIpc) is 2.51. The molecule has 0 saturated heterocycles. The standard InChI is InChI=1S/C14H17NO6/c1-5-20-14(16)21-13(8-15)9-6-11(18-3)12(19-4)7-10(9)17-2/h6-7,13H,5H2,1-4H3. The maximum Gasteiger partial charge on any atom is 0.509 e. The van der Waals surface area contributed by atoms with E-state index in [1.807, 2.05) is 6.07 Å².